The third-order valence-corrected chi connectivity index (χ3v) is 1.09. The third kappa shape index (κ3) is 20.2. The molecule has 0 bridgehead atoms. The van der Waals surface area contributed by atoms with E-state index in [0.29, 0.717) is 33.1 Å². The van der Waals surface area contributed by atoms with E-state index in [-0.39, 0.29) is 6.10 Å². The molecule has 84 valence electrons. The molecule has 13 heavy (non-hydrogen) atoms. The Labute approximate surface area is 110 Å². The van der Waals surface area contributed by atoms with E-state index >= 15 is 0 Å². The van der Waals surface area contributed by atoms with Crippen LogP contribution in [0.1, 0.15) is 6.92 Å². The molecule has 0 radical (unpaired) electrons. The molecule has 0 aromatic rings. The van der Waals surface area contributed by atoms with Gasteiger partial charge >= 0.3 is 50.5 Å². The van der Waals surface area contributed by atoms with Gasteiger partial charge in [-0.1, -0.05) is 0 Å². The monoisotopic (exact) mass is 529 g/mol. The zero-order valence-corrected chi connectivity index (χ0v) is 14.5. The first kappa shape index (κ1) is 17.5. The average Bonchev–Trinajstić information content (AvgIpc) is 2.07. The zero-order chi connectivity index (χ0) is 10.5. The van der Waals surface area contributed by atoms with Crippen molar-refractivity contribution in [3.05, 3.63) is 0 Å². The summed E-state index contributed by atoms with van der Waals surface area (Å²) >= 11 is 5.30. The van der Waals surface area contributed by atoms with Crippen LogP contribution in [-0.2, 0) is 14.2 Å². The summed E-state index contributed by atoms with van der Waals surface area (Å²) in [6, 6.07) is 0. The third-order valence-electron chi connectivity index (χ3n) is 1.09. The summed E-state index contributed by atoms with van der Waals surface area (Å²) in [5.74, 6) is 0. The summed E-state index contributed by atoms with van der Waals surface area (Å²) < 4.78 is 14.9. The molecule has 3 nitrogen and oxygen atoms in total. The van der Waals surface area contributed by atoms with Crippen LogP contribution >= 0.6 is 37.2 Å². The Bertz CT molecular complexity index is 85.4. The van der Waals surface area contributed by atoms with Gasteiger partial charge in [0.05, 0.1) is 25.9 Å². The van der Waals surface area contributed by atoms with E-state index in [4.69, 9.17) is 14.2 Å². The van der Waals surface area contributed by atoms with Crippen LogP contribution in [0.3, 0.4) is 0 Å². The first-order valence-corrected chi connectivity index (χ1v) is 16.3. The molecule has 0 saturated carbocycles. The van der Waals surface area contributed by atoms with Gasteiger partial charge < -0.3 is 14.2 Å². The molecule has 1 unspecified atom stereocenters. The van der Waals surface area contributed by atoms with E-state index in [1.54, 1.807) is 14.2 Å². The van der Waals surface area contributed by atoms with E-state index in [9.17, 15) is 0 Å². The predicted molar refractivity (Wildman–Crippen MR) is 67.2 cm³/mol. The fourth-order valence-electron chi connectivity index (χ4n) is 0.615. The molecule has 0 rings (SSSR count). The Kier molecular flexibility index (Phi) is 22.2. The molecular weight excluding hydrogens is 513 g/mol. The maximum atomic E-state index is 5.27. The molecule has 0 heterocycles. The Hall–Kier alpha value is 2.07. The van der Waals surface area contributed by atoms with Crippen LogP contribution in [0.2, 0.25) is 0 Å². The Morgan fingerprint density at radius 2 is 1.69 bits per heavy atom. The number of methoxy groups -OCH3 is 2. The van der Waals surface area contributed by atoms with Gasteiger partial charge in [0.1, 0.15) is 0 Å². The van der Waals surface area contributed by atoms with Crippen molar-refractivity contribution in [1.29, 1.82) is 0 Å². The summed E-state index contributed by atoms with van der Waals surface area (Å²) in [6.45, 7) is 3.90. The number of halogens is 3. The van der Waals surface area contributed by atoms with Crippen molar-refractivity contribution in [3.8, 4) is 0 Å². The first-order valence-electron chi connectivity index (χ1n) is 3.69. The van der Waals surface area contributed by atoms with Gasteiger partial charge in [0, 0.05) is 14.2 Å². The molecule has 0 aromatic carbocycles. The molecule has 0 aliphatic carbocycles. The van der Waals surface area contributed by atoms with E-state index < -0.39 is 0 Å². The first-order chi connectivity index (χ1) is 6.22. The van der Waals surface area contributed by atoms with Crippen molar-refractivity contribution < 1.29 is 27.5 Å². The fraction of sp³-hybridized carbons (Fsp3) is 1.00. The van der Waals surface area contributed by atoms with Crippen molar-refractivity contribution in [1.82, 2.24) is 0 Å². The van der Waals surface area contributed by atoms with Crippen LogP contribution in [0, 0.1) is 0 Å². The van der Waals surface area contributed by atoms with Gasteiger partial charge in [-0.3, -0.25) is 0 Å². The molecule has 0 fully saturated rings. The molecule has 0 N–H and O–H groups in total. The molecule has 0 aromatic heterocycles. The predicted octanol–water partition coefficient (Wildman–Crippen LogP) is -0.540. The summed E-state index contributed by atoms with van der Waals surface area (Å²) in [5.41, 5.74) is 0. The molecule has 0 aliphatic heterocycles. The zero-order valence-electron chi connectivity index (χ0n) is 8.06. The topological polar surface area (TPSA) is 27.7 Å². The average molecular weight is 529 g/mol. The van der Waals surface area contributed by atoms with Crippen LogP contribution in [0.15, 0.2) is 0 Å². The summed E-state index contributed by atoms with van der Waals surface area (Å²) in [4.78, 5) is 0. The molecule has 0 amide bonds. The maximum absolute atomic E-state index is 5.27. The van der Waals surface area contributed by atoms with Gasteiger partial charge in [-0.15, -0.1) is 0 Å². The van der Waals surface area contributed by atoms with Crippen molar-refractivity contribution >= 4 is 37.2 Å². The van der Waals surface area contributed by atoms with Crippen LogP contribution in [0.4, 0.5) is 0 Å². The van der Waals surface area contributed by atoms with Crippen LogP contribution in [-0.4, -0.2) is 40.1 Å². The molecule has 1 atom stereocenters. The standard InChI is InChI=1S/C7H16O3.I3/c1-7(6-9-3)10-5-4-8-2;1-3-2/h7H,4-6H2,1-3H3;/q;-1. The quantitative estimate of drug-likeness (QED) is 0.342. The Morgan fingerprint density at radius 3 is 2.08 bits per heavy atom. The normalized spacial score (nSPS) is 12.1. The van der Waals surface area contributed by atoms with E-state index in [2.05, 4.69) is 37.2 Å². The summed E-state index contributed by atoms with van der Waals surface area (Å²) in [6.07, 6.45) is 0.167. The molecule has 0 spiro atoms. The van der Waals surface area contributed by atoms with Gasteiger partial charge in [0.25, 0.3) is 0 Å². The van der Waals surface area contributed by atoms with Crippen LogP contribution in [0.25, 0.3) is 0 Å². The summed E-state index contributed by atoms with van der Waals surface area (Å²) in [5, 5.41) is 0. The minimum absolute atomic E-state index is 0.167. The second-order valence-electron chi connectivity index (χ2n) is 2.18. The van der Waals surface area contributed by atoms with Crippen molar-refractivity contribution in [2.45, 2.75) is 13.0 Å². The molecule has 0 saturated heterocycles. The SMILES string of the molecule is COCCOC(C)COC.I[I-]I. The summed E-state index contributed by atoms with van der Waals surface area (Å²) in [7, 11) is 3.32. The second kappa shape index (κ2) is 16.5. The van der Waals surface area contributed by atoms with E-state index in [1.807, 2.05) is 6.92 Å². The van der Waals surface area contributed by atoms with Gasteiger partial charge in [0.15, 0.2) is 0 Å². The van der Waals surface area contributed by atoms with Gasteiger partial charge in [0.2, 0.25) is 0 Å². The molecular formula is C7H16I3O3-. The van der Waals surface area contributed by atoms with Crippen LogP contribution < -0.4 is 13.3 Å². The number of hydrogen-bond acceptors (Lipinski definition) is 3. The van der Waals surface area contributed by atoms with E-state index in [1.165, 1.54) is 0 Å². The van der Waals surface area contributed by atoms with Crippen molar-refractivity contribution in [2.75, 3.05) is 34.0 Å². The van der Waals surface area contributed by atoms with Crippen LogP contribution in [0.5, 0.6) is 0 Å². The fourth-order valence-corrected chi connectivity index (χ4v) is 0.615. The second-order valence-corrected chi connectivity index (χ2v) is 18.4. The number of ether oxygens (including phenoxy) is 3. The van der Waals surface area contributed by atoms with Gasteiger partial charge in [-0.25, -0.2) is 0 Å². The minimum atomic E-state index is 0.167. The molecule has 6 heteroatoms. The van der Waals surface area contributed by atoms with Crippen molar-refractivity contribution in [2.24, 2.45) is 0 Å². The molecule has 0 aliphatic rings. The van der Waals surface area contributed by atoms with E-state index in [0.717, 1.165) is 0 Å². The van der Waals surface area contributed by atoms with Crippen molar-refractivity contribution in [3.63, 3.8) is 0 Å². The number of rotatable bonds is 6. The Balaban J connectivity index is 0. The van der Waals surface area contributed by atoms with Gasteiger partial charge in [-0.2, -0.15) is 0 Å². The van der Waals surface area contributed by atoms with Gasteiger partial charge in [-0.05, 0) is 6.92 Å². The number of hydrogen-bond donors (Lipinski definition) is 0. The Morgan fingerprint density at radius 1 is 1.15 bits per heavy atom.